The van der Waals surface area contributed by atoms with Crippen LogP contribution in [0.5, 0.6) is 5.75 Å². The van der Waals surface area contributed by atoms with E-state index >= 15 is 0 Å². The molecule has 0 spiro atoms. The number of ether oxygens (including phenoxy) is 1. The molecule has 2 aromatic rings. The zero-order valence-corrected chi connectivity index (χ0v) is 17.2. The van der Waals surface area contributed by atoms with Crippen molar-refractivity contribution in [3.8, 4) is 5.75 Å². The summed E-state index contributed by atoms with van der Waals surface area (Å²) in [6.07, 6.45) is 4.94. The highest BCUT2D eigenvalue weighted by Gasteiger charge is 2.25. The van der Waals surface area contributed by atoms with Gasteiger partial charge in [-0.2, -0.15) is 0 Å². The second kappa shape index (κ2) is 10.0. The number of piperidine rings is 1. The molecule has 3 rings (SSSR count). The average Bonchev–Trinajstić information content (AvgIpc) is 2.76. The Bertz CT molecular complexity index is 836. The van der Waals surface area contributed by atoms with Crippen LogP contribution >= 0.6 is 0 Å². The van der Waals surface area contributed by atoms with Crippen LogP contribution in [0.4, 0.5) is 0 Å². The lowest BCUT2D eigenvalue weighted by Crippen LogP contribution is -2.40. The van der Waals surface area contributed by atoms with Crippen molar-refractivity contribution in [2.45, 2.75) is 39.2 Å². The van der Waals surface area contributed by atoms with Gasteiger partial charge in [0.1, 0.15) is 5.75 Å². The summed E-state index contributed by atoms with van der Waals surface area (Å²) in [5, 5.41) is 2.97. The third-order valence-corrected chi connectivity index (χ3v) is 5.37. The Kier molecular flexibility index (Phi) is 7.22. The summed E-state index contributed by atoms with van der Waals surface area (Å²) in [7, 11) is 1.63. The number of aromatic nitrogens is 1. The fraction of sp³-hybridized carbons (Fsp3) is 0.435. The van der Waals surface area contributed by atoms with E-state index in [9.17, 15) is 9.59 Å². The predicted molar refractivity (Wildman–Crippen MR) is 112 cm³/mol. The lowest BCUT2D eigenvalue weighted by atomic mass is 9.93. The standard InChI is InChI=1S/C23H29N3O3/c1-17-8-10-20(15-24-17)23(28)26-12-4-6-18(16-26)9-11-22(27)25-14-19-5-3-7-21(13-19)29-2/h3,5,7-8,10,13,15,18H,4,6,9,11-12,14,16H2,1-2H3,(H,25,27). The number of aryl methyl sites for hydroxylation is 1. The lowest BCUT2D eigenvalue weighted by Gasteiger charge is -2.32. The van der Waals surface area contributed by atoms with E-state index in [0.29, 0.717) is 31.0 Å². The SMILES string of the molecule is COc1cccc(CNC(=O)CCC2CCCN(C(=O)c3ccc(C)nc3)C2)c1. The molecular weight excluding hydrogens is 366 g/mol. The first-order chi connectivity index (χ1) is 14.0. The summed E-state index contributed by atoms with van der Waals surface area (Å²) < 4.78 is 5.21. The van der Waals surface area contributed by atoms with Gasteiger partial charge in [0.2, 0.25) is 5.91 Å². The molecule has 0 bridgehead atoms. The van der Waals surface area contributed by atoms with Crippen molar-refractivity contribution < 1.29 is 14.3 Å². The third-order valence-electron chi connectivity index (χ3n) is 5.37. The molecule has 1 aliphatic heterocycles. The van der Waals surface area contributed by atoms with E-state index < -0.39 is 0 Å². The van der Waals surface area contributed by atoms with E-state index in [0.717, 1.165) is 42.8 Å². The zero-order valence-electron chi connectivity index (χ0n) is 17.2. The minimum Gasteiger partial charge on any atom is -0.497 e. The maximum atomic E-state index is 12.7. The summed E-state index contributed by atoms with van der Waals surface area (Å²) in [6, 6.07) is 11.4. The second-order valence-electron chi connectivity index (χ2n) is 7.61. The number of amides is 2. The molecule has 1 fully saturated rings. The van der Waals surface area contributed by atoms with Crippen LogP contribution < -0.4 is 10.1 Å². The fourth-order valence-corrected chi connectivity index (χ4v) is 3.67. The Morgan fingerprint density at radius 1 is 1.28 bits per heavy atom. The van der Waals surface area contributed by atoms with Crippen molar-refractivity contribution in [1.82, 2.24) is 15.2 Å². The number of hydrogen-bond acceptors (Lipinski definition) is 4. The summed E-state index contributed by atoms with van der Waals surface area (Å²) >= 11 is 0. The van der Waals surface area contributed by atoms with Crippen LogP contribution in [0.25, 0.3) is 0 Å². The topological polar surface area (TPSA) is 71.5 Å². The highest BCUT2D eigenvalue weighted by Crippen LogP contribution is 2.22. The largest absolute Gasteiger partial charge is 0.497 e. The summed E-state index contributed by atoms with van der Waals surface area (Å²) in [5.74, 6) is 1.21. The van der Waals surface area contributed by atoms with E-state index in [1.54, 1.807) is 13.3 Å². The first-order valence-electron chi connectivity index (χ1n) is 10.2. The number of likely N-dealkylation sites (tertiary alicyclic amines) is 1. The van der Waals surface area contributed by atoms with E-state index in [4.69, 9.17) is 4.74 Å². The molecule has 0 saturated carbocycles. The summed E-state index contributed by atoms with van der Waals surface area (Å²) in [5.41, 5.74) is 2.55. The van der Waals surface area contributed by atoms with E-state index in [-0.39, 0.29) is 11.8 Å². The van der Waals surface area contributed by atoms with Gasteiger partial charge in [0, 0.05) is 37.9 Å². The Hall–Kier alpha value is -2.89. The number of methoxy groups -OCH3 is 1. The Morgan fingerprint density at radius 2 is 2.14 bits per heavy atom. The molecule has 29 heavy (non-hydrogen) atoms. The maximum Gasteiger partial charge on any atom is 0.255 e. The number of nitrogens with one attached hydrogen (secondary N) is 1. The van der Waals surface area contributed by atoms with Gasteiger partial charge in [0.25, 0.3) is 5.91 Å². The first-order valence-corrected chi connectivity index (χ1v) is 10.2. The van der Waals surface area contributed by atoms with Crippen LogP contribution in [0.3, 0.4) is 0 Å². The number of pyridine rings is 1. The minimum atomic E-state index is 0.0321. The minimum absolute atomic E-state index is 0.0321. The number of carbonyl (C=O) groups excluding carboxylic acids is 2. The molecular formula is C23H29N3O3. The third kappa shape index (κ3) is 6.04. The van der Waals surface area contributed by atoms with Gasteiger partial charge in [-0.05, 0) is 61.9 Å². The normalized spacial score (nSPS) is 16.3. The molecule has 0 aliphatic carbocycles. The van der Waals surface area contributed by atoms with Crippen LogP contribution in [0, 0.1) is 12.8 Å². The van der Waals surface area contributed by atoms with E-state index in [2.05, 4.69) is 10.3 Å². The number of nitrogens with zero attached hydrogens (tertiary/aromatic N) is 2. The van der Waals surface area contributed by atoms with Gasteiger partial charge >= 0.3 is 0 Å². The highest BCUT2D eigenvalue weighted by molar-refractivity contribution is 5.94. The molecule has 6 nitrogen and oxygen atoms in total. The number of hydrogen-bond donors (Lipinski definition) is 1. The number of benzene rings is 1. The van der Waals surface area contributed by atoms with Crippen molar-refractivity contribution in [2.75, 3.05) is 20.2 Å². The zero-order chi connectivity index (χ0) is 20.6. The van der Waals surface area contributed by atoms with E-state index in [1.165, 1.54) is 0 Å². The average molecular weight is 396 g/mol. The van der Waals surface area contributed by atoms with Crippen LogP contribution in [0.1, 0.15) is 47.3 Å². The molecule has 6 heteroatoms. The summed E-state index contributed by atoms with van der Waals surface area (Å²) in [4.78, 5) is 31.1. The van der Waals surface area contributed by atoms with Crippen LogP contribution in [0.15, 0.2) is 42.6 Å². The van der Waals surface area contributed by atoms with Crippen molar-refractivity contribution in [2.24, 2.45) is 5.92 Å². The van der Waals surface area contributed by atoms with Crippen molar-refractivity contribution >= 4 is 11.8 Å². The molecule has 154 valence electrons. The molecule has 2 amide bonds. The fourth-order valence-electron chi connectivity index (χ4n) is 3.67. The first kappa shape index (κ1) is 20.8. The maximum absolute atomic E-state index is 12.7. The van der Waals surface area contributed by atoms with Crippen molar-refractivity contribution in [1.29, 1.82) is 0 Å². The van der Waals surface area contributed by atoms with Crippen molar-refractivity contribution in [3.63, 3.8) is 0 Å². The molecule has 0 radical (unpaired) electrons. The molecule has 2 heterocycles. The van der Waals surface area contributed by atoms with Gasteiger partial charge in [0.15, 0.2) is 0 Å². The van der Waals surface area contributed by atoms with Gasteiger partial charge in [-0.3, -0.25) is 14.6 Å². The van der Waals surface area contributed by atoms with Gasteiger partial charge < -0.3 is 15.0 Å². The van der Waals surface area contributed by atoms with Gasteiger partial charge in [-0.15, -0.1) is 0 Å². The Morgan fingerprint density at radius 3 is 2.90 bits per heavy atom. The highest BCUT2D eigenvalue weighted by atomic mass is 16.5. The monoisotopic (exact) mass is 395 g/mol. The Balaban J connectivity index is 1.44. The lowest BCUT2D eigenvalue weighted by molar-refractivity contribution is -0.121. The molecule has 1 atom stereocenters. The molecule has 1 saturated heterocycles. The van der Waals surface area contributed by atoms with Crippen LogP contribution in [-0.4, -0.2) is 41.9 Å². The predicted octanol–water partition coefficient (Wildman–Crippen LogP) is 3.35. The van der Waals surface area contributed by atoms with Crippen LogP contribution in [-0.2, 0) is 11.3 Å². The quantitative estimate of drug-likeness (QED) is 0.780. The number of rotatable bonds is 7. The van der Waals surface area contributed by atoms with E-state index in [1.807, 2.05) is 48.2 Å². The molecule has 1 aliphatic rings. The van der Waals surface area contributed by atoms with Crippen molar-refractivity contribution in [3.05, 3.63) is 59.4 Å². The Labute approximate surface area is 172 Å². The van der Waals surface area contributed by atoms with Gasteiger partial charge in [0.05, 0.1) is 12.7 Å². The van der Waals surface area contributed by atoms with Gasteiger partial charge in [-0.1, -0.05) is 12.1 Å². The molecule has 1 aromatic heterocycles. The molecule has 1 unspecified atom stereocenters. The van der Waals surface area contributed by atoms with Gasteiger partial charge in [-0.25, -0.2) is 0 Å². The molecule has 1 N–H and O–H groups in total. The number of carbonyl (C=O) groups is 2. The summed E-state index contributed by atoms with van der Waals surface area (Å²) in [6.45, 7) is 3.87. The molecule has 1 aromatic carbocycles. The smallest absolute Gasteiger partial charge is 0.255 e. The van der Waals surface area contributed by atoms with Crippen LogP contribution in [0.2, 0.25) is 0 Å². The second-order valence-corrected chi connectivity index (χ2v) is 7.61.